The smallest absolute Gasteiger partial charge is 0.223 e. The van der Waals surface area contributed by atoms with E-state index in [1.54, 1.807) is 24.3 Å². The van der Waals surface area contributed by atoms with Gasteiger partial charge in [-0.3, -0.25) is 4.79 Å². The number of carbonyl (C=O) groups is 1. The highest BCUT2D eigenvalue weighted by atomic mass is 19.1. The zero-order valence-electron chi connectivity index (χ0n) is 14.7. The lowest BCUT2D eigenvalue weighted by molar-refractivity contribution is -0.124. The second-order valence-electron chi connectivity index (χ2n) is 7.39. The Labute approximate surface area is 151 Å². The first-order valence-corrected chi connectivity index (χ1v) is 8.67. The standard InChI is InChI=1S/C21H20F2N2O/c1-20(2)17-13-16(23)7-8-18(17)25-12-10-19(26)24-21(20,25)11-9-14-3-5-15(22)6-4-14/h3-9,11,13H,10,12H2,1-2H3,(H,24,26)/b11-9+/t21-/m0/s1. The summed E-state index contributed by atoms with van der Waals surface area (Å²) < 4.78 is 27.1. The van der Waals surface area contributed by atoms with E-state index in [2.05, 4.69) is 10.2 Å². The predicted molar refractivity (Wildman–Crippen MR) is 97.7 cm³/mol. The molecule has 0 radical (unpaired) electrons. The van der Waals surface area contributed by atoms with Crippen molar-refractivity contribution in [2.75, 3.05) is 11.4 Å². The van der Waals surface area contributed by atoms with E-state index >= 15 is 0 Å². The maximum Gasteiger partial charge on any atom is 0.223 e. The second-order valence-corrected chi connectivity index (χ2v) is 7.39. The van der Waals surface area contributed by atoms with Crippen molar-refractivity contribution >= 4 is 17.7 Å². The first-order valence-electron chi connectivity index (χ1n) is 8.67. The molecule has 2 heterocycles. The molecule has 1 saturated heterocycles. The molecule has 3 nitrogen and oxygen atoms in total. The first-order chi connectivity index (χ1) is 12.3. The fourth-order valence-corrected chi connectivity index (χ4v) is 4.12. The largest absolute Gasteiger partial charge is 0.344 e. The molecule has 2 aliphatic rings. The van der Waals surface area contributed by atoms with Gasteiger partial charge in [-0.15, -0.1) is 0 Å². The lowest BCUT2D eigenvalue weighted by Crippen LogP contribution is -2.68. The molecule has 4 rings (SSSR count). The second kappa shape index (κ2) is 5.66. The van der Waals surface area contributed by atoms with Gasteiger partial charge in [0.05, 0.1) is 0 Å². The number of rotatable bonds is 2. The van der Waals surface area contributed by atoms with Crippen LogP contribution in [0.4, 0.5) is 14.5 Å². The normalized spacial score (nSPS) is 23.7. The van der Waals surface area contributed by atoms with Crippen LogP contribution in [0, 0.1) is 11.6 Å². The van der Waals surface area contributed by atoms with Gasteiger partial charge in [0.1, 0.15) is 17.3 Å². The molecular formula is C21H20F2N2O. The van der Waals surface area contributed by atoms with E-state index in [1.807, 2.05) is 26.0 Å². The van der Waals surface area contributed by atoms with Crippen molar-refractivity contribution < 1.29 is 13.6 Å². The van der Waals surface area contributed by atoms with Gasteiger partial charge in [0.2, 0.25) is 5.91 Å². The van der Waals surface area contributed by atoms with E-state index in [0.717, 1.165) is 16.8 Å². The van der Waals surface area contributed by atoms with Crippen molar-refractivity contribution in [3.05, 3.63) is 71.3 Å². The number of hydrogen-bond donors (Lipinski definition) is 1. The number of nitrogens with zero attached hydrogens (tertiary/aromatic N) is 1. The van der Waals surface area contributed by atoms with Crippen molar-refractivity contribution in [2.24, 2.45) is 0 Å². The van der Waals surface area contributed by atoms with Crippen molar-refractivity contribution in [1.29, 1.82) is 0 Å². The Morgan fingerprint density at radius 1 is 1.08 bits per heavy atom. The molecule has 0 aliphatic carbocycles. The third-order valence-electron chi connectivity index (χ3n) is 5.58. The molecule has 0 aromatic heterocycles. The molecule has 1 fully saturated rings. The van der Waals surface area contributed by atoms with Gasteiger partial charge in [-0.2, -0.15) is 0 Å². The summed E-state index contributed by atoms with van der Waals surface area (Å²) in [5, 5.41) is 3.13. The van der Waals surface area contributed by atoms with Gasteiger partial charge < -0.3 is 10.2 Å². The Hall–Kier alpha value is -2.69. The molecule has 0 unspecified atom stereocenters. The van der Waals surface area contributed by atoms with Crippen LogP contribution in [-0.2, 0) is 10.2 Å². The van der Waals surface area contributed by atoms with Gasteiger partial charge in [-0.05, 0) is 47.5 Å². The van der Waals surface area contributed by atoms with E-state index in [9.17, 15) is 13.6 Å². The summed E-state index contributed by atoms with van der Waals surface area (Å²) in [6, 6.07) is 10.9. The van der Waals surface area contributed by atoms with E-state index in [4.69, 9.17) is 0 Å². The van der Waals surface area contributed by atoms with E-state index in [-0.39, 0.29) is 17.5 Å². The van der Waals surface area contributed by atoms with Crippen LogP contribution in [-0.4, -0.2) is 18.1 Å². The number of nitrogens with one attached hydrogen (secondary N) is 1. The highest BCUT2D eigenvalue weighted by molar-refractivity contribution is 5.84. The molecule has 0 bridgehead atoms. The third-order valence-corrected chi connectivity index (χ3v) is 5.58. The maximum atomic E-state index is 13.9. The summed E-state index contributed by atoms with van der Waals surface area (Å²) >= 11 is 0. The molecule has 1 amide bonds. The van der Waals surface area contributed by atoms with Crippen LogP contribution in [0.1, 0.15) is 31.4 Å². The highest BCUT2D eigenvalue weighted by Gasteiger charge is 2.57. The molecular weight excluding hydrogens is 334 g/mol. The Bertz CT molecular complexity index is 905. The third kappa shape index (κ3) is 2.34. The summed E-state index contributed by atoms with van der Waals surface area (Å²) in [6.07, 6.45) is 4.20. The predicted octanol–water partition coefficient (Wildman–Crippen LogP) is 3.99. The van der Waals surface area contributed by atoms with Crippen LogP contribution in [0.15, 0.2) is 48.5 Å². The average molecular weight is 354 g/mol. The number of benzene rings is 2. The number of hydrogen-bond acceptors (Lipinski definition) is 2. The zero-order valence-corrected chi connectivity index (χ0v) is 14.7. The number of carbonyl (C=O) groups excluding carboxylic acids is 1. The molecule has 1 N–H and O–H groups in total. The van der Waals surface area contributed by atoms with E-state index < -0.39 is 11.1 Å². The van der Waals surface area contributed by atoms with E-state index in [0.29, 0.717) is 13.0 Å². The van der Waals surface area contributed by atoms with Gasteiger partial charge in [0.15, 0.2) is 0 Å². The fraction of sp³-hybridized carbons (Fsp3) is 0.286. The number of anilines is 1. The van der Waals surface area contributed by atoms with Crippen LogP contribution in [0.3, 0.4) is 0 Å². The Morgan fingerprint density at radius 3 is 2.50 bits per heavy atom. The molecule has 134 valence electrons. The number of amides is 1. The SMILES string of the molecule is CC1(C)c2cc(F)ccc2N2CCC(=O)N[C@@]21/C=C/c1ccc(F)cc1. The minimum Gasteiger partial charge on any atom is -0.344 e. The molecule has 2 aromatic rings. The topological polar surface area (TPSA) is 32.3 Å². The molecule has 1 atom stereocenters. The molecule has 5 heteroatoms. The van der Waals surface area contributed by atoms with Gasteiger partial charge in [-0.1, -0.05) is 32.1 Å². The highest BCUT2D eigenvalue weighted by Crippen LogP contribution is 2.52. The Balaban J connectivity index is 1.84. The van der Waals surface area contributed by atoms with Crippen LogP contribution >= 0.6 is 0 Å². The Kier molecular flexibility index (Phi) is 3.65. The first kappa shape index (κ1) is 16.8. The van der Waals surface area contributed by atoms with Crippen LogP contribution in [0.25, 0.3) is 6.08 Å². The summed E-state index contributed by atoms with van der Waals surface area (Å²) in [4.78, 5) is 14.4. The summed E-state index contributed by atoms with van der Waals surface area (Å²) in [5.74, 6) is -0.621. The van der Waals surface area contributed by atoms with Crippen molar-refractivity contribution in [3.8, 4) is 0 Å². The summed E-state index contributed by atoms with van der Waals surface area (Å²) in [5.41, 5.74) is 1.28. The van der Waals surface area contributed by atoms with Crippen LogP contribution in [0.5, 0.6) is 0 Å². The molecule has 0 saturated carbocycles. The fourth-order valence-electron chi connectivity index (χ4n) is 4.12. The quantitative estimate of drug-likeness (QED) is 0.884. The summed E-state index contributed by atoms with van der Waals surface area (Å²) in [6.45, 7) is 4.57. The van der Waals surface area contributed by atoms with E-state index in [1.165, 1.54) is 18.2 Å². The molecule has 26 heavy (non-hydrogen) atoms. The lowest BCUT2D eigenvalue weighted by Gasteiger charge is -2.49. The van der Waals surface area contributed by atoms with Crippen LogP contribution < -0.4 is 10.2 Å². The minimum atomic E-state index is -0.799. The van der Waals surface area contributed by atoms with Gasteiger partial charge in [0, 0.05) is 24.1 Å². The molecule has 0 spiro atoms. The average Bonchev–Trinajstić information content (AvgIpc) is 2.79. The van der Waals surface area contributed by atoms with Crippen LogP contribution in [0.2, 0.25) is 0 Å². The number of fused-ring (bicyclic) bond motifs is 3. The minimum absolute atomic E-state index is 0.0358. The van der Waals surface area contributed by atoms with Gasteiger partial charge >= 0.3 is 0 Å². The monoisotopic (exact) mass is 354 g/mol. The van der Waals surface area contributed by atoms with Gasteiger partial charge in [-0.25, -0.2) is 8.78 Å². The lowest BCUT2D eigenvalue weighted by atomic mass is 9.74. The maximum absolute atomic E-state index is 13.9. The Morgan fingerprint density at radius 2 is 1.77 bits per heavy atom. The molecule has 2 aromatic carbocycles. The summed E-state index contributed by atoms with van der Waals surface area (Å²) in [7, 11) is 0. The van der Waals surface area contributed by atoms with Crippen molar-refractivity contribution in [3.63, 3.8) is 0 Å². The zero-order chi connectivity index (χ0) is 18.5. The molecule has 2 aliphatic heterocycles. The van der Waals surface area contributed by atoms with Crippen molar-refractivity contribution in [1.82, 2.24) is 5.32 Å². The van der Waals surface area contributed by atoms with Crippen molar-refractivity contribution in [2.45, 2.75) is 31.3 Å². The van der Waals surface area contributed by atoms with Gasteiger partial charge in [0.25, 0.3) is 0 Å². The number of halogens is 2.